The van der Waals surface area contributed by atoms with Gasteiger partial charge < -0.3 is 9.47 Å². The normalized spacial score (nSPS) is 13.9. The Labute approximate surface area is 693 Å². The molecule has 0 bridgehead atoms. The highest BCUT2D eigenvalue weighted by atomic mass is 16.5. The van der Waals surface area contributed by atoms with E-state index in [2.05, 4.69) is 394 Å². The van der Waals surface area contributed by atoms with Gasteiger partial charge in [0.15, 0.2) is 34.9 Å². The van der Waals surface area contributed by atoms with Crippen molar-refractivity contribution in [2.75, 3.05) is 0 Å². The zero-order chi connectivity index (χ0) is 79.0. The van der Waals surface area contributed by atoms with Crippen LogP contribution in [0.2, 0.25) is 0 Å². The lowest BCUT2D eigenvalue weighted by Crippen LogP contribution is -2.32. The third-order valence-electron chi connectivity index (χ3n) is 24.9. The maximum atomic E-state index is 7.52. The molecule has 0 N–H and O–H groups in total. The van der Waals surface area contributed by atoms with E-state index in [0.717, 1.165) is 162 Å². The molecule has 1 atom stereocenters. The molecule has 24 rings (SSSR count). The van der Waals surface area contributed by atoms with E-state index in [9.17, 15) is 0 Å². The van der Waals surface area contributed by atoms with Crippen LogP contribution < -0.4 is 9.47 Å². The van der Waals surface area contributed by atoms with E-state index in [-0.39, 0.29) is 0 Å². The first kappa shape index (κ1) is 68.5. The van der Waals surface area contributed by atoms with Crippen LogP contribution in [0.1, 0.15) is 44.5 Å². The van der Waals surface area contributed by atoms with E-state index >= 15 is 0 Å². The molecule has 0 saturated carbocycles. The smallest absolute Gasteiger partial charge is 0.164 e. The van der Waals surface area contributed by atoms with Crippen LogP contribution >= 0.6 is 0 Å². The fourth-order valence-corrected chi connectivity index (χ4v) is 19.7. The molecule has 2 aliphatic heterocycles. The van der Waals surface area contributed by atoms with Crippen molar-refractivity contribution >= 4 is 21.5 Å². The summed E-state index contributed by atoms with van der Waals surface area (Å²) >= 11 is 0. The van der Waals surface area contributed by atoms with Crippen molar-refractivity contribution in [3.8, 4) is 169 Å². The van der Waals surface area contributed by atoms with Crippen LogP contribution in [-0.2, 0) is 10.8 Å². The Morgan fingerprint density at radius 3 is 1.05 bits per heavy atom. The predicted molar refractivity (Wildman–Crippen MR) is 483 cm³/mol. The summed E-state index contributed by atoms with van der Waals surface area (Å²) in [5, 5.41) is 4.68. The summed E-state index contributed by atoms with van der Waals surface area (Å²) in [5.41, 5.74) is 27.1. The second kappa shape index (κ2) is 27.4. The molecule has 18 aromatic carbocycles. The molecule has 2 spiro atoms. The molecule has 0 radical (unpaired) electrons. The van der Waals surface area contributed by atoms with Crippen molar-refractivity contribution in [1.29, 1.82) is 0 Å². The minimum absolute atomic E-state index is 0.506. The average Bonchev–Trinajstić information content (AvgIpc) is 1.50. The number of ether oxygens (including phenoxy) is 2. The lowest BCUT2D eigenvalue weighted by Gasteiger charge is -2.40. The zero-order valence-corrected chi connectivity index (χ0v) is 64.8. The Kier molecular flexibility index (Phi) is 15.6. The number of nitrogens with zero attached hydrogens (tertiary/aromatic N) is 6. The van der Waals surface area contributed by atoms with Crippen molar-refractivity contribution in [2.24, 2.45) is 0 Å². The highest BCUT2D eigenvalue weighted by Crippen LogP contribution is 2.66. The number of hydrogen-bond donors (Lipinski definition) is 0. The number of para-hydroxylation sites is 4. The molecule has 0 fully saturated rings. The van der Waals surface area contributed by atoms with Crippen LogP contribution in [-0.4, -0.2) is 29.9 Å². The number of benzene rings is 18. The summed E-state index contributed by atoms with van der Waals surface area (Å²) < 4.78 is 15.0. The van der Waals surface area contributed by atoms with Crippen molar-refractivity contribution in [3.63, 3.8) is 0 Å². The lowest BCUT2D eigenvalue weighted by molar-refractivity contribution is 0.438. The number of fused-ring (bicyclic) bond motifs is 21. The molecule has 4 aliphatic rings. The van der Waals surface area contributed by atoms with Gasteiger partial charge in [0.1, 0.15) is 23.0 Å². The number of aromatic nitrogens is 6. The van der Waals surface area contributed by atoms with E-state index in [4.69, 9.17) is 39.4 Å². The Hall–Kier alpha value is -15.9. The van der Waals surface area contributed by atoms with Crippen LogP contribution in [0.15, 0.2) is 413 Å². The minimum Gasteiger partial charge on any atom is -0.456 e. The van der Waals surface area contributed by atoms with Gasteiger partial charge >= 0.3 is 0 Å². The summed E-state index contributed by atoms with van der Waals surface area (Å²) in [4.78, 5) is 33.0. The lowest BCUT2D eigenvalue weighted by atomic mass is 9.65. The van der Waals surface area contributed by atoms with Crippen LogP contribution in [0, 0.1) is 0 Å². The van der Waals surface area contributed by atoms with E-state index in [1.54, 1.807) is 0 Å². The quantitative estimate of drug-likeness (QED) is 0.118. The molecule has 0 amide bonds. The van der Waals surface area contributed by atoms with Gasteiger partial charge in [-0.15, -0.1) is 0 Å². The average molecular weight is 1530 g/mol. The van der Waals surface area contributed by atoms with Gasteiger partial charge in [-0.3, -0.25) is 0 Å². The summed E-state index contributed by atoms with van der Waals surface area (Å²) in [6.07, 6.45) is 0. The number of hydrogen-bond acceptors (Lipinski definition) is 8. The standard InChI is InChI=1S/C112H68N6O2/c1-4-28-69(29-5-1)73-35-24-37-78(64-73)106-114-107(79-38-25-36-74(65-79)70-30-6-2-7-31-70)118-110(117-106)92-68-75(58-62-84(92)89-46-27-52-99-104(89)120-101-54-22-20-50-97(101)111(99)93-47-17-14-41-85(93)86-42-15-18-48-94(86)111)76-60-63-96-91(67-76)87-43-16-19-49-95(87)112(96)98-51-21-23-55-102(98)119-103-88(45-26-53-100(103)112)83-40-12-13-44-90(83)109-115-105(72-33-8-3-9-34-72)113-108(116-109)80-59-61-82-77(66-80)57-56-71-32-10-11-39-81(71)82/h1-68H. The molecule has 4 heterocycles. The molecule has 8 nitrogen and oxygen atoms in total. The third kappa shape index (κ3) is 10.6. The molecule has 2 aromatic heterocycles. The molecular weight excluding hydrogens is 1460 g/mol. The van der Waals surface area contributed by atoms with E-state index in [0.29, 0.717) is 34.9 Å². The van der Waals surface area contributed by atoms with E-state index in [1.807, 2.05) is 18.2 Å². The number of rotatable bonds is 11. The second-order valence-corrected chi connectivity index (χ2v) is 31.4. The molecule has 20 aromatic rings. The van der Waals surface area contributed by atoms with Gasteiger partial charge in [-0.25, -0.2) is 29.9 Å². The topological polar surface area (TPSA) is 95.8 Å². The van der Waals surface area contributed by atoms with Gasteiger partial charge in [-0.2, -0.15) is 0 Å². The van der Waals surface area contributed by atoms with Gasteiger partial charge in [0.2, 0.25) is 0 Å². The Morgan fingerprint density at radius 2 is 0.492 bits per heavy atom. The van der Waals surface area contributed by atoms with Crippen molar-refractivity contribution in [2.45, 2.75) is 10.8 Å². The van der Waals surface area contributed by atoms with Crippen LogP contribution in [0.4, 0.5) is 0 Å². The van der Waals surface area contributed by atoms with Gasteiger partial charge in [0.05, 0.1) is 10.8 Å². The van der Waals surface area contributed by atoms with Gasteiger partial charge in [-0.05, 0) is 153 Å². The maximum absolute atomic E-state index is 7.52. The highest BCUT2D eigenvalue weighted by molar-refractivity contribution is 6.08. The summed E-state index contributed by atoms with van der Waals surface area (Å²) in [6, 6.07) is 147. The van der Waals surface area contributed by atoms with Crippen LogP contribution in [0.3, 0.4) is 0 Å². The van der Waals surface area contributed by atoms with Gasteiger partial charge in [-0.1, -0.05) is 370 Å². The molecular formula is C112H68N6O2. The van der Waals surface area contributed by atoms with Crippen LogP contribution in [0.5, 0.6) is 23.0 Å². The van der Waals surface area contributed by atoms with Crippen LogP contribution in [0.25, 0.3) is 168 Å². The summed E-state index contributed by atoms with van der Waals surface area (Å²) in [5.74, 6) is 6.39. The zero-order valence-electron chi connectivity index (χ0n) is 64.8. The fraction of sp³-hybridized carbons (Fsp3) is 0.0179. The maximum Gasteiger partial charge on any atom is 0.164 e. The first-order valence-electron chi connectivity index (χ1n) is 40.8. The van der Waals surface area contributed by atoms with Crippen molar-refractivity contribution < 1.29 is 9.47 Å². The SMILES string of the molecule is c1ccc(-c2cccc(-c3nc(-c4cccc(-c5ccccc5)c4)nc(-c4cc(-c5ccc6c(c5)-c5ccccc5C65c6ccccc6Oc6c(-c7ccccc7-c7nc(-c8ccccc8)nc(-c8ccc9c(ccc%10ccccc%109)c8)n7)cccc65)ccc4-c4cccc5c4Oc4ccccc4C54c5ccccc5-c5ccccc54)n3)c2)cc1. The molecule has 120 heavy (non-hydrogen) atoms. The Bertz CT molecular complexity index is 7480. The minimum atomic E-state index is -0.840. The summed E-state index contributed by atoms with van der Waals surface area (Å²) in [6.45, 7) is 0. The van der Waals surface area contributed by atoms with Crippen molar-refractivity contribution in [3.05, 3.63) is 457 Å². The largest absolute Gasteiger partial charge is 0.456 e. The highest BCUT2D eigenvalue weighted by Gasteiger charge is 2.53. The predicted octanol–water partition coefficient (Wildman–Crippen LogP) is 27.6. The fourth-order valence-electron chi connectivity index (χ4n) is 19.7. The second-order valence-electron chi connectivity index (χ2n) is 31.4. The van der Waals surface area contributed by atoms with Gasteiger partial charge in [0, 0.05) is 66.8 Å². The summed E-state index contributed by atoms with van der Waals surface area (Å²) in [7, 11) is 0. The van der Waals surface area contributed by atoms with E-state index in [1.165, 1.54) is 38.4 Å². The molecule has 2 aliphatic carbocycles. The molecule has 558 valence electrons. The Balaban J connectivity index is 0.699. The third-order valence-corrected chi connectivity index (χ3v) is 24.9. The van der Waals surface area contributed by atoms with Crippen molar-refractivity contribution in [1.82, 2.24) is 29.9 Å². The van der Waals surface area contributed by atoms with E-state index < -0.39 is 10.8 Å². The molecule has 0 saturated heterocycles. The Morgan fingerprint density at radius 1 is 0.158 bits per heavy atom. The first-order valence-corrected chi connectivity index (χ1v) is 40.8. The monoisotopic (exact) mass is 1530 g/mol. The van der Waals surface area contributed by atoms with Gasteiger partial charge in [0.25, 0.3) is 0 Å². The first-order chi connectivity index (χ1) is 59.5. The molecule has 8 heteroatoms. The molecule has 1 unspecified atom stereocenters.